The summed E-state index contributed by atoms with van der Waals surface area (Å²) in [6, 6.07) is 3.95. The minimum Gasteiger partial charge on any atom is -0.237 e. The highest BCUT2D eigenvalue weighted by Crippen LogP contribution is 2.05. The van der Waals surface area contributed by atoms with E-state index < -0.39 is 0 Å². The first-order chi connectivity index (χ1) is 6.81. The fraction of sp³-hybridized carbons (Fsp3) is 0.333. The van der Waals surface area contributed by atoms with Gasteiger partial charge in [-0.15, -0.1) is 5.10 Å². The summed E-state index contributed by atoms with van der Waals surface area (Å²) in [6.45, 7) is 3.94. The maximum atomic E-state index is 4.27. The van der Waals surface area contributed by atoms with Crippen molar-refractivity contribution in [3.8, 4) is 5.82 Å². The highest BCUT2D eigenvalue weighted by atomic mass is 15.5. The van der Waals surface area contributed by atoms with Gasteiger partial charge in [-0.05, 0) is 35.4 Å². The van der Waals surface area contributed by atoms with Crippen LogP contribution >= 0.6 is 0 Å². The van der Waals surface area contributed by atoms with Crippen molar-refractivity contribution in [2.24, 2.45) is 0 Å². The molecule has 14 heavy (non-hydrogen) atoms. The Hall–Kier alpha value is -1.78. The number of rotatable bonds is 2. The van der Waals surface area contributed by atoms with E-state index in [9.17, 15) is 0 Å². The topological polar surface area (TPSA) is 56.5 Å². The first-order valence-corrected chi connectivity index (χ1v) is 4.51. The Balaban J connectivity index is 2.39. The zero-order valence-electron chi connectivity index (χ0n) is 8.18. The fourth-order valence-corrected chi connectivity index (χ4v) is 1.19. The molecule has 0 aliphatic rings. The number of hydrogen-bond donors (Lipinski definition) is 0. The number of nitrogens with zero attached hydrogens (tertiary/aromatic N) is 5. The maximum absolute atomic E-state index is 4.27. The molecule has 0 bridgehead atoms. The molecule has 0 unspecified atom stereocenters. The average molecular weight is 189 g/mol. The number of pyridine rings is 1. The van der Waals surface area contributed by atoms with E-state index in [2.05, 4.69) is 27.4 Å². The molecule has 0 radical (unpaired) electrons. The molecule has 0 saturated heterocycles. The molecule has 5 heteroatoms. The van der Waals surface area contributed by atoms with Gasteiger partial charge in [-0.2, -0.15) is 4.68 Å². The van der Waals surface area contributed by atoms with E-state index in [-0.39, 0.29) is 0 Å². The normalized spacial score (nSPS) is 10.4. The van der Waals surface area contributed by atoms with E-state index in [1.807, 2.05) is 25.3 Å². The van der Waals surface area contributed by atoms with Gasteiger partial charge in [0, 0.05) is 6.20 Å². The number of hydrogen-bond acceptors (Lipinski definition) is 4. The van der Waals surface area contributed by atoms with Gasteiger partial charge in [0.2, 0.25) is 0 Å². The lowest BCUT2D eigenvalue weighted by molar-refractivity contribution is 0.759. The van der Waals surface area contributed by atoms with E-state index >= 15 is 0 Å². The Labute approximate surface area is 81.8 Å². The van der Waals surface area contributed by atoms with Crippen LogP contribution in [0.1, 0.15) is 18.3 Å². The predicted octanol–water partition coefficient (Wildman–Crippen LogP) is 0.928. The summed E-state index contributed by atoms with van der Waals surface area (Å²) < 4.78 is 1.61. The van der Waals surface area contributed by atoms with Crippen LogP contribution < -0.4 is 0 Å². The van der Waals surface area contributed by atoms with E-state index in [0.29, 0.717) is 0 Å². The molecule has 72 valence electrons. The summed E-state index contributed by atoms with van der Waals surface area (Å²) >= 11 is 0. The highest BCUT2D eigenvalue weighted by molar-refractivity contribution is 5.24. The van der Waals surface area contributed by atoms with E-state index in [0.717, 1.165) is 18.1 Å². The van der Waals surface area contributed by atoms with Gasteiger partial charge in [0.25, 0.3) is 0 Å². The van der Waals surface area contributed by atoms with Crippen LogP contribution in [0.25, 0.3) is 5.82 Å². The van der Waals surface area contributed by atoms with Gasteiger partial charge in [-0.1, -0.05) is 13.0 Å². The number of aryl methyl sites for hydroxylation is 2. The fourth-order valence-electron chi connectivity index (χ4n) is 1.19. The van der Waals surface area contributed by atoms with Crippen LogP contribution in [-0.4, -0.2) is 25.2 Å². The molecule has 0 aliphatic heterocycles. The van der Waals surface area contributed by atoms with Gasteiger partial charge in [0.15, 0.2) is 11.6 Å². The molecular formula is C9H11N5. The summed E-state index contributed by atoms with van der Waals surface area (Å²) in [5.74, 6) is 1.49. The van der Waals surface area contributed by atoms with Crippen molar-refractivity contribution >= 4 is 0 Å². The molecule has 2 rings (SSSR count). The Morgan fingerprint density at radius 1 is 1.36 bits per heavy atom. The van der Waals surface area contributed by atoms with Crippen LogP contribution in [0.3, 0.4) is 0 Å². The van der Waals surface area contributed by atoms with Crippen molar-refractivity contribution < 1.29 is 0 Å². The van der Waals surface area contributed by atoms with Crippen LogP contribution in [0, 0.1) is 6.92 Å². The Morgan fingerprint density at radius 2 is 2.21 bits per heavy atom. The molecule has 5 nitrogen and oxygen atoms in total. The Kier molecular flexibility index (Phi) is 2.22. The van der Waals surface area contributed by atoms with Crippen molar-refractivity contribution in [1.29, 1.82) is 0 Å². The summed E-state index contributed by atoms with van der Waals surface area (Å²) in [4.78, 5) is 4.27. The largest absolute Gasteiger partial charge is 0.237 e. The summed E-state index contributed by atoms with van der Waals surface area (Å²) in [6.07, 6.45) is 2.83. The molecule has 0 atom stereocenters. The molecule has 0 saturated carbocycles. The summed E-state index contributed by atoms with van der Waals surface area (Å²) in [5, 5.41) is 11.2. The molecule has 0 amide bonds. The second-order valence-electron chi connectivity index (χ2n) is 3.02. The highest BCUT2D eigenvalue weighted by Gasteiger charge is 2.03. The van der Waals surface area contributed by atoms with E-state index in [1.165, 1.54) is 5.56 Å². The molecular weight excluding hydrogens is 178 g/mol. The third kappa shape index (κ3) is 1.48. The molecule has 2 aromatic heterocycles. The number of tetrazole rings is 1. The van der Waals surface area contributed by atoms with Gasteiger partial charge < -0.3 is 0 Å². The summed E-state index contributed by atoms with van der Waals surface area (Å²) in [7, 11) is 0. The van der Waals surface area contributed by atoms with Crippen LogP contribution in [0.2, 0.25) is 0 Å². The lowest BCUT2D eigenvalue weighted by Crippen LogP contribution is -2.02. The smallest absolute Gasteiger partial charge is 0.157 e. The predicted molar refractivity (Wildman–Crippen MR) is 51.1 cm³/mol. The van der Waals surface area contributed by atoms with Gasteiger partial charge in [0.1, 0.15) is 0 Å². The molecule has 0 spiro atoms. The summed E-state index contributed by atoms with van der Waals surface area (Å²) in [5.41, 5.74) is 1.21. The number of aromatic nitrogens is 5. The molecule has 0 aromatic carbocycles. The van der Waals surface area contributed by atoms with Crippen LogP contribution in [0.15, 0.2) is 18.3 Å². The average Bonchev–Trinajstić information content (AvgIpc) is 2.65. The third-order valence-corrected chi connectivity index (χ3v) is 2.06. The standard InChI is InChI=1S/C9H11N5/c1-3-8-4-5-9(10-6-8)14-7(2)11-12-13-14/h4-6H,3H2,1-2H3. The van der Waals surface area contributed by atoms with Gasteiger partial charge in [-0.25, -0.2) is 4.98 Å². The van der Waals surface area contributed by atoms with Gasteiger partial charge >= 0.3 is 0 Å². The Morgan fingerprint density at radius 3 is 2.71 bits per heavy atom. The second kappa shape index (κ2) is 3.53. The molecule has 0 N–H and O–H groups in total. The van der Waals surface area contributed by atoms with Crippen molar-refractivity contribution in [2.45, 2.75) is 20.3 Å². The first-order valence-electron chi connectivity index (χ1n) is 4.51. The molecule has 0 aliphatic carbocycles. The lowest BCUT2D eigenvalue weighted by Gasteiger charge is -2.00. The van der Waals surface area contributed by atoms with Crippen LogP contribution in [-0.2, 0) is 6.42 Å². The Bertz CT molecular complexity index is 417. The lowest BCUT2D eigenvalue weighted by atomic mass is 10.2. The second-order valence-corrected chi connectivity index (χ2v) is 3.02. The zero-order chi connectivity index (χ0) is 9.97. The maximum Gasteiger partial charge on any atom is 0.157 e. The zero-order valence-corrected chi connectivity index (χ0v) is 8.18. The van der Waals surface area contributed by atoms with E-state index in [4.69, 9.17) is 0 Å². The van der Waals surface area contributed by atoms with Crippen molar-refractivity contribution in [1.82, 2.24) is 25.2 Å². The quantitative estimate of drug-likeness (QED) is 0.705. The van der Waals surface area contributed by atoms with Crippen molar-refractivity contribution in [3.63, 3.8) is 0 Å². The van der Waals surface area contributed by atoms with Gasteiger partial charge in [0.05, 0.1) is 0 Å². The molecule has 2 heterocycles. The van der Waals surface area contributed by atoms with E-state index in [1.54, 1.807) is 4.68 Å². The third-order valence-electron chi connectivity index (χ3n) is 2.06. The first kappa shape index (κ1) is 8.80. The monoisotopic (exact) mass is 189 g/mol. The minimum atomic E-state index is 0.738. The van der Waals surface area contributed by atoms with Crippen molar-refractivity contribution in [3.05, 3.63) is 29.7 Å². The molecule has 2 aromatic rings. The van der Waals surface area contributed by atoms with Crippen molar-refractivity contribution in [2.75, 3.05) is 0 Å². The SMILES string of the molecule is CCc1ccc(-n2nnnc2C)nc1. The van der Waals surface area contributed by atoms with Gasteiger partial charge in [-0.3, -0.25) is 0 Å². The van der Waals surface area contributed by atoms with Crippen LogP contribution in [0.5, 0.6) is 0 Å². The molecule has 0 fully saturated rings. The van der Waals surface area contributed by atoms with Crippen LogP contribution in [0.4, 0.5) is 0 Å². The minimum absolute atomic E-state index is 0.738.